The molecule has 0 atom stereocenters. The van der Waals surface area contributed by atoms with Gasteiger partial charge in [0.05, 0.1) is 30.2 Å². The Kier molecular flexibility index (Phi) is 5.77. The molecule has 0 bridgehead atoms. The van der Waals surface area contributed by atoms with Gasteiger partial charge in [-0.25, -0.2) is 4.98 Å². The second-order valence-corrected chi connectivity index (χ2v) is 9.11. The van der Waals surface area contributed by atoms with Gasteiger partial charge >= 0.3 is 0 Å². The highest BCUT2D eigenvalue weighted by molar-refractivity contribution is 8.26. The number of benzene rings is 1. The third kappa shape index (κ3) is 3.94. The number of hydrogen-bond acceptors (Lipinski definition) is 7. The highest BCUT2D eigenvalue weighted by atomic mass is 32.2. The minimum absolute atomic E-state index is 0.200. The van der Waals surface area contributed by atoms with Crippen LogP contribution in [0.3, 0.4) is 0 Å². The van der Waals surface area contributed by atoms with Crippen molar-refractivity contribution < 1.29 is 9.53 Å². The average Bonchev–Trinajstić information content (AvgIpc) is 3.09. The van der Waals surface area contributed by atoms with E-state index in [2.05, 4.69) is 0 Å². The van der Waals surface area contributed by atoms with Crippen LogP contribution in [0.5, 0.6) is 0 Å². The van der Waals surface area contributed by atoms with Crippen LogP contribution in [0.4, 0.5) is 5.82 Å². The Balaban J connectivity index is 1.56. The molecule has 4 heterocycles. The molecule has 9 heteroatoms. The topological polar surface area (TPSA) is 67.2 Å². The van der Waals surface area contributed by atoms with E-state index in [-0.39, 0.29) is 11.5 Å². The summed E-state index contributed by atoms with van der Waals surface area (Å²) in [5, 5.41) is 0. The van der Waals surface area contributed by atoms with Crippen LogP contribution < -0.4 is 10.5 Å². The number of ether oxygens (including phenoxy) is 1. The molecule has 1 aromatic carbocycles. The fourth-order valence-electron chi connectivity index (χ4n) is 3.77. The Hall–Kier alpha value is -3.01. The first-order valence-electron chi connectivity index (χ1n) is 10.3. The van der Waals surface area contributed by atoms with Gasteiger partial charge in [0.1, 0.15) is 15.8 Å². The number of anilines is 1. The molecule has 0 spiro atoms. The molecule has 1 amide bonds. The standard InChI is InChI=1S/C23H20N4O3S2/c28-21-17(14-18-22(29)27(23(31)32-18)15-16-6-2-1-3-7-16)20(25-10-12-30-13-11-25)24-19-8-4-5-9-26(19)21/h1-9,14H,10-13,15H2/b18-14+. The second kappa shape index (κ2) is 8.85. The number of hydrogen-bond donors (Lipinski definition) is 0. The monoisotopic (exact) mass is 464 g/mol. The summed E-state index contributed by atoms with van der Waals surface area (Å²) in [6, 6.07) is 15.1. The third-order valence-electron chi connectivity index (χ3n) is 5.39. The van der Waals surface area contributed by atoms with Gasteiger partial charge in [0, 0.05) is 19.3 Å². The van der Waals surface area contributed by atoms with E-state index in [0.717, 1.165) is 5.56 Å². The van der Waals surface area contributed by atoms with Crippen molar-refractivity contribution in [3.63, 3.8) is 0 Å². The normalized spacial score (nSPS) is 18.2. The molecule has 0 unspecified atom stereocenters. The number of morpholine rings is 1. The highest BCUT2D eigenvalue weighted by Crippen LogP contribution is 2.34. The Labute approximate surface area is 194 Å². The largest absolute Gasteiger partial charge is 0.378 e. The molecule has 2 aliphatic heterocycles. The molecule has 2 aromatic heterocycles. The van der Waals surface area contributed by atoms with Gasteiger partial charge in [0.2, 0.25) is 0 Å². The van der Waals surface area contributed by atoms with E-state index >= 15 is 0 Å². The zero-order valence-corrected chi connectivity index (χ0v) is 18.8. The van der Waals surface area contributed by atoms with Crippen LogP contribution in [0, 0.1) is 0 Å². The Morgan fingerprint density at radius 1 is 1.06 bits per heavy atom. The number of pyridine rings is 1. The highest BCUT2D eigenvalue weighted by Gasteiger charge is 2.33. The predicted molar refractivity (Wildman–Crippen MR) is 130 cm³/mol. The lowest BCUT2D eigenvalue weighted by Gasteiger charge is -2.29. The maximum atomic E-state index is 13.4. The van der Waals surface area contributed by atoms with Gasteiger partial charge < -0.3 is 9.64 Å². The molecule has 2 aliphatic rings. The number of nitrogens with zero attached hydrogens (tertiary/aromatic N) is 4. The number of fused-ring (bicyclic) bond motifs is 1. The predicted octanol–water partition coefficient (Wildman–Crippen LogP) is 2.93. The zero-order valence-electron chi connectivity index (χ0n) is 17.1. The summed E-state index contributed by atoms with van der Waals surface area (Å²) in [6.45, 7) is 2.79. The lowest BCUT2D eigenvalue weighted by atomic mass is 10.2. The van der Waals surface area contributed by atoms with Gasteiger partial charge in [0.15, 0.2) is 0 Å². The minimum Gasteiger partial charge on any atom is -0.378 e. The van der Waals surface area contributed by atoms with Gasteiger partial charge in [-0.2, -0.15) is 0 Å². The SMILES string of the molecule is O=C1/C(=C\c2c(N3CCOCC3)nc3ccccn3c2=O)SC(=S)N1Cc1ccccc1. The van der Waals surface area contributed by atoms with Crippen LogP contribution in [0.15, 0.2) is 64.4 Å². The number of carbonyl (C=O) groups excluding carboxylic acids is 1. The van der Waals surface area contributed by atoms with E-state index in [1.165, 1.54) is 16.2 Å². The molecule has 32 heavy (non-hydrogen) atoms. The molecule has 5 rings (SSSR count). The number of rotatable bonds is 4. The van der Waals surface area contributed by atoms with Gasteiger partial charge in [-0.05, 0) is 23.8 Å². The van der Waals surface area contributed by atoms with Crippen molar-refractivity contribution in [3.8, 4) is 0 Å². The molecule has 2 saturated heterocycles. The van der Waals surface area contributed by atoms with Crippen LogP contribution >= 0.6 is 24.0 Å². The van der Waals surface area contributed by atoms with Crippen molar-refractivity contribution in [3.05, 3.63) is 81.1 Å². The number of aromatic nitrogens is 2. The van der Waals surface area contributed by atoms with Crippen molar-refractivity contribution in [1.82, 2.24) is 14.3 Å². The van der Waals surface area contributed by atoms with E-state index in [1.807, 2.05) is 41.3 Å². The van der Waals surface area contributed by atoms with Crippen molar-refractivity contribution in [2.75, 3.05) is 31.2 Å². The molecule has 0 N–H and O–H groups in total. The molecular weight excluding hydrogens is 444 g/mol. The van der Waals surface area contributed by atoms with Crippen molar-refractivity contribution >= 4 is 51.7 Å². The summed E-state index contributed by atoms with van der Waals surface area (Å²) in [5.74, 6) is 0.368. The molecular formula is C23H20N4O3S2. The van der Waals surface area contributed by atoms with E-state index in [0.29, 0.717) is 59.1 Å². The maximum absolute atomic E-state index is 13.4. The molecule has 162 valence electrons. The number of thiocarbonyl (C=S) groups is 1. The molecule has 7 nitrogen and oxygen atoms in total. The lowest BCUT2D eigenvalue weighted by Crippen LogP contribution is -2.38. The smallest absolute Gasteiger partial charge is 0.267 e. The fraction of sp³-hybridized carbons (Fsp3) is 0.217. The number of thioether (sulfide) groups is 1. The molecule has 0 saturated carbocycles. The molecule has 0 radical (unpaired) electrons. The van der Waals surface area contributed by atoms with Crippen LogP contribution in [0.25, 0.3) is 11.7 Å². The number of carbonyl (C=O) groups is 1. The summed E-state index contributed by atoms with van der Waals surface area (Å²) in [7, 11) is 0. The van der Waals surface area contributed by atoms with Gasteiger partial charge in [-0.1, -0.05) is 60.4 Å². The van der Waals surface area contributed by atoms with Gasteiger partial charge in [-0.15, -0.1) is 0 Å². The Bertz CT molecular complexity index is 1280. The molecule has 2 fully saturated rings. The first-order valence-corrected chi connectivity index (χ1v) is 11.5. The quantitative estimate of drug-likeness (QED) is 0.434. The summed E-state index contributed by atoms with van der Waals surface area (Å²) in [5.41, 5.74) is 1.72. The summed E-state index contributed by atoms with van der Waals surface area (Å²) in [4.78, 5) is 35.4. The summed E-state index contributed by atoms with van der Waals surface area (Å²) >= 11 is 6.69. The van der Waals surface area contributed by atoms with Crippen LogP contribution in [-0.4, -0.2) is 50.8 Å². The van der Waals surface area contributed by atoms with Gasteiger partial charge in [0.25, 0.3) is 11.5 Å². The molecule has 0 aliphatic carbocycles. The Morgan fingerprint density at radius 3 is 2.59 bits per heavy atom. The van der Waals surface area contributed by atoms with Crippen molar-refractivity contribution in [2.45, 2.75) is 6.54 Å². The summed E-state index contributed by atoms with van der Waals surface area (Å²) < 4.78 is 7.44. The zero-order chi connectivity index (χ0) is 22.1. The van der Waals surface area contributed by atoms with E-state index in [4.69, 9.17) is 21.9 Å². The first-order chi connectivity index (χ1) is 15.6. The van der Waals surface area contributed by atoms with Gasteiger partial charge in [-0.3, -0.25) is 18.9 Å². The lowest BCUT2D eigenvalue weighted by molar-refractivity contribution is -0.122. The molecule has 3 aromatic rings. The van der Waals surface area contributed by atoms with E-state index < -0.39 is 0 Å². The minimum atomic E-state index is -0.217. The van der Waals surface area contributed by atoms with E-state index in [1.54, 1.807) is 29.3 Å². The fourth-order valence-corrected chi connectivity index (χ4v) is 5.00. The summed E-state index contributed by atoms with van der Waals surface area (Å²) in [6.07, 6.45) is 3.33. The second-order valence-electron chi connectivity index (χ2n) is 7.44. The average molecular weight is 465 g/mol. The maximum Gasteiger partial charge on any atom is 0.267 e. The van der Waals surface area contributed by atoms with Crippen LogP contribution in [-0.2, 0) is 16.1 Å². The Morgan fingerprint density at radius 2 is 1.81 bits per heavy atom. The first kappa shape index (κ1) is 20.9. The van der Waals surface area contributed by atoms with E-state index in [9.17, 15) is 9.59 Å². The van der Waals surface area contributed by atoms with Crippen molar-refractivity contribution in [1.29, 1.82) is 0 Å². The van der Waals surface area contributed by atoms with Crippen molar-refractivity contribution in [2.24, 2.45) is 0 Å². The van der Waals surface area contributed by atoms with Crippen LogP contribution in [0.1, 0.15) is 11.1 Å². The number of amides is 1. The third-order valence-corrected chi connectivity index (χ3v) is 6.77. The van der Waals surface area contributed by atoms with Crippen LogP contribution in [0.2, 0.25) is 0 Å².